The van der Waals surface area contributed by atoms with Crippen LogP contribution in [0.4, 0.5) is 0 Å². The number of aliphatic hydroxyl groups excluding tert-OH is 1. The van der Waals surface area contributed by atoms with E-state index in [0.717, 1.165) is 17.3 Å². The van der Waals surface area contributed by atoms with Gasteiger partial charge in [0, 0.05) is 5.75 Å². The number of thioether (sulfide) groups is 1. The Bertz CT molecular complexity index is 446. The summed E-state index contributed by atoms with van der Waals surface area (Å²) in [6.07, 6.45) is 0.984. The molecule has 1 N–H and O–H groups in total. The molecule has 2 rings (SSSR count). The summed E-state index contributed by atoms with van der Waals surface area (Å²) in [5, 5.41) is 20.9. The normalized spacial score (nSPS) is 10.6. The molecule has 17 heavy (non-hydrogen) atoms. The van der Waals surface area contributed by atoms with E-state index in [9.17, 15) is 0 Å². The van der Waals surface area contributed by atoms with E-state index >= 15 is 0 Å². The molecule has 0 saturated heterocycles. The van der Waals surface area contributed by atoms with Crippen molar-refractivity contribution in [1.29, 1.82) is 0 Å². The number of hydrogen-bond donors (Lipinski definition) is 1. The topological polar surface area (TPSA) is 63.8 Å². The second kappa shape index (κ2) is 6.36. The quantitative estimate of drug-likeness (QED) is 0.775. The monoisotopic (exact) mass is 250 g/mol. The van der Waals surface area contributed by atoms with Gasteiger partial charge in [0.1, 0.15) is 0 Å². The van der Waals surface area contributed by atoms with Gasteiger partial charge in [-0.3, -0.25) is 0 Å². The van der Waals surface area contributed by atoms with E-state index in [0.29, 0.717) is 6.54 Å². The SMILES string of the molecule is OCCn1nnnc1SCCc1ccccc1. The molecular formula is C11H14N4OS. The molecule has 1 aromatic heterocycles. The van der Waals surface area contributed by atoms with Crippen molar-refractivity contribution in [1.82, 2.24) is 20.2 Å². The summed E-state index contributed by atoms with van der Waals surface area (Å²) in [5.41, 5.74) is 1.31. The third-order valence-electron chi connectivity index (χ3n) is 2.28. The Balaban J connectivity index is 1.84. The smallest absolute Gasteiger partial charge is 0.209 e. The molecule has 0 radical (unpaired) electrons. The molecule has 2 aromatic rings. The average Bonchev–Trinajstić information content (AvgIpc) is 2.79. The van der Waals surface area contributed by atoms with Crippen molar-refractivity contribution < 1.29 is 5.11 Å². The first kappa shape index (κ1) is 12.1. The summed E-state index contributed by atoms with van der Waals surface area (Å²) in [6, 6.07) is 10.3. The standard InChI is InChI=1S/C11H14N4OS/c16-8-7-15-11(12-13-14-15)17-9-6-10-4-2-1-3-5-10/h1-5,16H,6-9H2. The lowest BCUT2D eigenvalue weighted by Gasteiger charge is -2.02. The van der Waals surface area contributed by atoms with Crippen LogP contribution >= 0.6 is 11.8 Å². The summed E-state index contributed by atoms with van der Waals surface area (Å²) in [6.45, 7) is 0.498. The van der Waals surface area contributed by atoms with Gasteiger partial charge in [-0.05, 0) is 22.4 Å². The summed E-state index contributed by atoms with van der Waals surface area (Å²) in [7, 11) is 0. The maximum absolute atomic E-state index is 8.84. The van der Waals surface area contributed by atoms with E-state index in [4.69, 9.17) is 5.11 Å². The molecule has 1 heterocycles. The minimum Gasteiger partial charge on any atom is -0.394 e. The number of rotatable bonds is 6. The highest BCUT2D eigenvalue weighted by Crippen LogP contribution is 2.15. The Morgan fingerprint density at radius 2 is 2.06 bits per heavy atom. The van der Waals surface area contributed by atoms with Gasteiger partial charge >= 0.3 is 0 Å². The first-order chi connectivity index (χ1) is 8.40. The van der Waals surface area contributed by atoms with Crippen LogP contribution in [0.1, 0.15) is 5.56 Å². The zero-order valence-corrected chi connectivity index (χ0v) is 10.2. The molecule has 0 spiro atoms. The summed E-state index contributed by atoms with van der Waals surface area (Å²) < 4.78 is 1.62. The maximum Gasteiger partial charge on any atom is 0.209 e. The van der Waals surface area contributed by atoms with Crippen LogP contribution in [0.15, 0.2) is 35.5 Å². The first-order valence-electron chi connectivity index (χ1n) is 5.44. The third-order valence-corrected chi connectivity index (χ3v) is 3.23. The molecule has 0 aliphatic rings. The number of hydrogen-bond acceptors (Lipinski definition) is 5. The second-order valence-corrected chi connectivity index (χ2v) is 4.55. The molecule has 0 atom stereocenters. The van der Waals surface area contributed by atoms with Crippen LogP contribution in [0, 0.1) is 0 Å². The predicted molar refractivity (Wildman–Crippen MR) is 65.8 cm³/mol. The zero-order valence-electron chi connectivity index (χ0n) is 9.36. The Morgan fingerprint density at radius 1 is 1.24 bits per heavy atom. The fourth-order valence-corrected chi connectivity index (χ4v) is 2.33. The number of aryl methyl sites for hydroxylation is 1. The van der Waals surface area contributed by atoms with Crippen molar-refractivity contribution in [3.05, 3.63) is 35.9 Å². The lowest BCUT2D eigenvalue weighted by atomic mass is 10.2. The van der Waals surface area contributed by atoms with E-state index in [2.05, 4.69) is 27.7 Å². The third kappa shape index (κ3) is 3.54. The largest absolute Gasteiger partial charge is 0.394 e. The molecule has 0 fully saturated rings. The first-order valence-corrected chi connectivity index (χ1v) is 6.42. The van der Waals surface area contributed by atoms with Gasteiger partial charge in [-0.25, -0.2) is 4.68 Å². The van der Waals surface area contributed by atoms with E-state index in [1.165, 1.54) is 5.56 Å². The van der Waals surface area contributed by atoms with Crippen molar-refractivity contribution in [3.63, 3.8) is 0 Å². The number of nitrogens with zero attached hydrogens (tertiary/aromatic N) is 4. The molecule has 1 aromatic carbocycles. The average molecular weight is 250 g/mol. The molecular weight excluding hydrogens is 236 g/mol. The Kier molecular flexibility index (Phi) is 4.52. The van der Waals surface area contributed by atoms with Crippen molar-refractivity contribution in [3.8, 4) is 0 Å². The van der Waals surface area contributed by atoms with Crippen LogP contribution in [0.2, 0.25) is 0 Å². The summed E-state index contributed by atoms with van der Waals surface area (Å²) in [5.74, 6) is 0.926. The minimum atomic E-state index is 0.0529. The van der Waals surface area contributed by atoms with Gasteiger partial charge in [0.05, 0.1) is 13.2 Å². The predicted octanol–water partition coefficient (Wildman–Crippen LogP) is 1.00. The number of benzene rings is 1. The van der Waals surface area contributed by atoms with Gasteiger partial charge < -0.3 is 5.11 Å². The molecule has 0 amide bonds. The van der Waals surface area contributed by atoms with Gasteiger partial charge in [-0.1, -0.05) is 42.1 Å². The van der Waals surface area contributed by atoms with Crippen molar-refractivity contribution in [2.45, 2.75) is 18.1 Å². The van der Waals surface area contributed by atoms with E-state index in [1.807, 2.05) is 18.2 Å². The highest BCUT2D eigenvalue weighted by molar-refractivity contribution is 7.99. The molecule has 0 aliphatic carbocycles. The number of tetrazole rings is 1. The van der Waals surface area contributed by atoms with Crippen molar-refractivity contribution >= 4 is 11.8 Å². The Morgan fingerprint density at radius 3 is 2.82 bits per heavy atom. The maximum atomic E-state index is 8.84. The highest BCUT2D eigenvalue weighted by atomic mass is 32.2. The Labute approximate surface area is 104 Å². The van der Waals surface area contributed by atoms with Gasteiger partial charge in [-0.2, -0.15) is 0 Å². The van der Waals surface area contributed by atoms with Gasteiger partial charge in [0.25, 0.3) is 0 Å². The van der Waals surface area contributed by atoms with Crippen LogP contribution in [-0.4, -0.2) is 37.7 Å². The molecule has 0 unspecified atom stereocenters. The molecule has 0 aliphatic heterocycles. The molecule has 0 bridgehead atoms. The van der Waals surface area contributed by atoms with Crippen LogP contribution < -0.4 is 0 Å². The van der Waals surface area contributed by atoms with Crippen molar-refractivity contribution in [2.24, 2.45) is 0 Å². The summed E-state index contributed by atoms with van der Waals surface area (Å²) in [4.78, 5) is 0. The Hall–Kier alpha value is -1.40. The molecule has 6 heteroatoms. The summed E-state index contributed by atoms with van der Waals surface area (Å²) >= 11 is 1.60. The fraction of sp³-hybridized carbons (Fsp3) is 0.364. The number of aliphatic hydroxyl groups is 1. The van der Waals surface area contributed by atoms with E-state index < -0.39 is 0 Å². The highest BCUT2D eigenvalue weighted by Gasteiger charge is 2.05. The van der Waals surface area contributed by atoms with Crippen LogP contribution in [0.25, 0.3) is 0 Å². The van der Waals surface area contributed by atoms with E-state index in [1.54, 1.807) is 16.4 Å². The minimum absolute atomic E-state index is 0.0529. The van der Waals surface area contributed by atoms with E-state index in [-0.39, 0.29) is 6.61 Å². The fourth-order valence-electron chi connectivity index (χ4n) is 1.44. The molecule has 5 nitrogen and oxygen atoms in total. The lowest BCUT2D eigenvalue weighted by molar-refractivity contribution is 0.262. The van der Waals surface area contributed by atoms with Gasteiger partial charge in [0.15, 0.2) is 0 Å². The zero-order chi connectivity index (χ0) is 11.9. The lowest BCUT2D eigenvalue weighted by Crippen LogP contribution is -2.06. The van der Waals surface area contributed by atoms with Gasteiger partial charge in [0.2, 0.25) is 5.16 Å². The van der Waals surface area contributed by atoms with Crippen LogP contribution in [0.5, 0.6) is 0 Å². The van der Waals surface area contributed by atoms with Gasteiger partial charge in [-0.15, -0.1) is 5.10 Å². The molecule has 0 saturated carbocycles. The number of aromatic nitrogens is 4. The van der Waals surface area contributed by atoms with Crippen LogP contribution in [0.3, 0.4) is 0 Å². The second-order valence-electron chi connectivity index (χ2n) is 3.49. The van der Waals surface area contributed by atoms with Crippen LogP contribution in [-0.2, 0) is 13.0 Å². The van der Waals surface area contributed by atoms with Crippen molar-refractivity contribution in [2.75, 3.05) is 12.4 Å². The molecule has 90 valence electrons.